The molecule has 0 amide bonds. The van der Waals surface area contributed by atoms with Gasteiger partial charge in [0.1, 0.15) is 5.82 Å². The van der Waals surface area contributed by atoms with E-state index in [-0.39, 0.29) is 18.2 Å². The lowest BCUT2D eigenvalue weighted by Crippen LogP contribution is -2.42. The first-order chi connectivity index (χ1) is 7.25. The summed E-state index contributed by atoms with van der Waals surface area (Å²) in [4.78, 5) is 2.33. The molecule has 1 aromatic carbocycles. The second-order valence-corrected chi connectivity index (χ2v) is 4.62. The van der Waals surface area contributed by atoms with Crippen molar-refractivity contribution in [3.05, 3.63) is 34.1 Å². The number of hydrogen-bond acceptors (Lipinski definition) is 2. The molecule has 0 unspecified atom stereocenters. The number of nitrogens with one attached hydrogen (secondary N) is 1. The molecule has 0 radical (unpaired) electrons. The van der Waals surface area contributed by atoms with E-state index >= 15 is 0 Å². The number of hydrogen-bond donors (Lipinski definition) is 1. The highest BCUT2D eigenvalue weighted by Gasteiger charge is 2.11. The Morgan fingerprint density at radius 3 is 2.69 bits per heavy atom. The van der Waals surface area contributed by atoms with Crippen LogP contribution in [0.15, 0.2) is 22.7 Å². The molecule has 1 N–H and O–H groups in total. The molecule has 1 aromatic rings. The number of piperazine rings is 1. The molecule has 1 saturated heterocycles. The Morgan fingerprint density at radius 2 is 2.00 bits per heavy atom. The summed E-state index contributed by atoms with van der Waals surface area (Å²) in [5, 5.41) is 3.30. The molecule has 1 aliphatic heterocycles. The predicted molar refractivity (Wildman–Crippen MR) is 69.5 cm³/mol. The van der Waals surface area contributed by atoms with Gasteiger partial charge in [0.15, 0.2) is 0 Å². The van der Waals surface area contributed by atoms with Gasteiger partial charge in [-0.1, -0.05) is 15.9 Å². The van der Waals surface area contributed by atoms with Crippen LogP contribution in [0.25, 0.3) is 0 Å². The molecule has 90 valence electrons. The Bertz CT molecular complexity index is 343. The monoisotopic (exact) mass is 308 g/mol. The molecule has 1 aliphatic rings. The van der Waals surface area contributed by atoms with Crippen LogP contribution >= 0.6 is 28.3 Å². The number of halogens is 3. The SMILES string of the molecule is Cl.Fc1ccc(Br)c(CN2CCNCC2)c1. The van der Waals surface area contributed by atoms with Gasteiger partial charge in [-0.15, -0.1) is 12.4 Å². The van der Waals surface area contributed by atoms with E-state index in [0.29, 0.717) is 0 Å². The van der Waals surface area contributed by atoms with Gasteiger partial charge in [-0.2, -0.15) is 0 Å². The fourth-order valence-corrected chi connectivity index (χ4v) is 2.15. The van der Waals surface area contributed by atoms with Gasteiger partial charge >= 0.3 is 0 Å². The Kier molecular flexibility index (Phi) is 5.69. The maximum atomic E-state index is 13.0. The lowest BCUT2D eigenvalue weighted by Gasteiger charge is -2.27. The molecule has 0 spiro atoms. The molecule has 1 heterocycles. The maximum absolute atomic E-state index is 13.0. The highest BCUT2D eigenvalue weighted by Crippen LogP contribution is 2.19. The van der Waals surface area contributed by atoms with Crippen LogP contribution < -0.4 is 5.32 Å². The van der Waals surface area contributed by atoms with E-state index in [1.807, 2.05) is 0 Å². The first kappa shape index (κ1) is 13.9. The Hall–Kier alpha value is -0.160. The van der Waals surface area contributed by atoms with Crippen molar-refractivity contribution in [2.75, 3.05) is 26.2 Å². The molecule has 0 saturated carbocycles. The van der Waals surface area contributed by atoms with Crippen molar-refractivity contribution in [2.24, 2.45) is 0 Å². The van der Waals surface area contributed by atoms with Crippen LogP contribution in [0.3, 0.4) is 0 Å². The van der Waals surface area contributed by atoms with Crippen LogP contribution in [-0.2, 0) is 6.54 Å². The summed E-state index contributed by atoms with van der Waals surface area (Å²) in [6, 6.07) is 4.85. The average Bonchev–Trinajstić information content (AvgIpc) is 2.25. The van der Waals surface area contributed by atoms with Gasteiger partial charge in [0.2, 0.25) is 0 Å². The first-order valence-corrected chi connectivity index (χ1v) is 5.92. The van der Waals surface area contributed by atoms with Gasteiger partial charge in [-0.3, -0.25) is 4.90 Å². The van der Waals surface area contributed by atoms with Crippen molar-refractivity contribution < 1.29 is 4.39 Å². The molecule has 0 bridgehead atoms. The van der Waals surface area contributed by atoms with E-state index in [0.717, 1.165) is 42.8 Å². The fraction of sp³-hybridized carbons (Fsp3) is 0.455. The summed E-state index contributed by atoms with van der Waals surface area (Å²) in [6.45, 7) is 4.92. The predicted octanol–water partition coefficient (Wildman–Crippen LogP) is 2.42. The summed E-state index contributed by atoms with van der Waals surface area (Å²) in [5.41, 5.74) is 1.02. The van der Waals surface area contributed by atoms with Crippen LogP contribution in [0.5, 0.6) is 0 Å². The normalized spacial score (nSPS) is 16.9. The van der Waals surface area contributed by atoms with Gasteiger partial charge in [0.05, 0.1) is 0 Å². The smallest absolute Gasteiger partial charge is 0.123 e. The number of nitrogens with zero attached hydrogens (tertiary/aromatic N) is 1. The van der Waals surface area contributed by atoms with Crippen molar-refractivity contribution in [1.29, 1.82) is 0 Å². The zero-order valence-corrected chi connectivity index (χ0v) is 11.3. The van der Waals surface area contributed by atoms with Crippen molar-refractivity contribution in [3.8, 4) is 0 Å². The van der Waals surface area contributed by atoms with E-state index in [1.54, 1.807) is 12.1 Å². The van der Waals surface area contributed by atoms with Gasteiger partial charge in [-0.05, 0) is 23.8 Å². The van der Waals surface area contributed by atoms with Crippen LogP contribution in [0, 0.1) is 5.82 Å². The lowest BCUT2D eigenvalue weighted by molar-refractivity contribution is 0.232. The Balaban J connectivity index is 0.00000128. The zero-order valence-electron chi connectivity index (χ0n) is 8.88. The summed E-state index contributed by atoms with van der Waals surface area (Å²) in [6.07, 6.45) is 0. The molecule has 0 aliphatic carbocycles. The Labute approximate surface area is 110 Å². The Morgan fingerprint density at radius 1 is 1.31 bits per heavy atom. The quantitative estimate of drug-likeness (QED) is 0.902. The highest BCUT2D eigenvalue weighted by molar-refractivity contribution is 9.10. The fourth-order valence-electron chi connectivity index (χ4n) is 1.77. The van der Waals surface area contributed by atoms with E-state index in [4.69, 9.17) is 0 Å². The van der Waals surface area contributed by atoms with Crippen LogP contribution in [0.2, 0.25) is 0 Å². The highest BCUT2D eigenvalue weighted by atomic mass is 79.9. The molecule has 1 fully saturated rings. The molecular formula is C11H15BrClFN2. The minimum Gasteiger partial charge on any atom is -0.314 e. The number of benzene rings is 1. The van der Waals surface area contributed by atoms with Crippen molar-refractivity contribution in [2.45, 2.75) is 6.54 Å². The van der Waals surface area contributed by atoms with E-state index < -0.39 is 0 Å². The molecule has 16 heavy (non-hydrogen) atoms. The van der Waals surface area contributed by atoms with E-state index in [1.165, 1.54) is 6.07 Å². The largest absolute Gasteiger partial charge is 0.314 e. The van der Waals surface area contributed by atoms with Crippen LogP contribution in [0.1, 0.15) is 5.56 Å². The number of rotatable bonds is 2. The second-order valence-electron chi connectivity index (χ2n) is 3.76. The third kappa shape index (κ3) is 3.70. The summed E-state index contributed by atoms with van der Waals surface area (Å²) in [7, 11) is 0. The standard InChI is InChI=1S/C11H14BrFN2.ClH/c12-11-2-1-10(13)7-9(11)8-15-5-3-14-4-6-15;/h1-2,7,14H,3-6,8H2;1H. The van der Waals surface area contributed by atoms with Crippen molar-refractivity contribution in [1.82, 2.24) is 10.2 Å². The van der Waals surface area contributed by atoms with Gasteiger partial charge < -0.3 is 5.32 Å². The molecule has 0 aromatic heterocycles. The molecule has 0 atom stereocenters. The van der Waals surface area contributed by atoms with Gasteiger partial charge in [-0.25, -0.2) is 4.39 Å². The van der Waals surface area contributed by atoms with E-state index in [2.05, 4.69) is 26.1 Å². The minimum absolute atomic E-state index is 0. The lowest BCUT2D eigenvalue weighted by atomic mass is 10.2. The summed E-state index contributed by atoms with van der Waals surface area (Å²) in [5.74, 6) is -0.164. The third-order valence-corrected chi connectivity index (χ3v) is 3.38. The minimum atomic E-state index is -0.164. The second kappa shape index (κ2) is 6.55. The average molecular weight is 310 g/mol. The molecule has 2 nitrogen and oxygen atoms in total. The molecule has 2 rings (SSSR count). The topological polar surface area (TPSA) is 15.3 Å². The maximum Gasteiger partial charge on any atom is 0.123 e. The van der Waals surface area contributed by atoms with Crippen molar-refractivity contribution in [3.63, 3.8) is 0 Å². The molecule has 5 heteroatoms. The first-order valence-electron chi connectivity index (χ1n) is 5.13. The summed E-state index contributed by atoms with van der Waals surface area (Å²) < 4.78 is 14.0. The van der Waals surface area contributed by atoms with Gasteiger partial charge in [0, 0.05) is 37.2 Å². The van der Waals surface area contributed by atoms with E-state index in [9.17, 15) is 4.39 Å². The van der Waals surface area contributed by atoms with Crippen molar-refractivity contribution >= 4 is 28.3 Å². The third-order valence-electron chi connectivity index (χ3n) is 2.61. The van der Waals surface area contributed by atoms with Crippen LogP contribution in [-0.4, -0.2) is 31.1 Å². The van der Waals surface area contributed by atoms with Crippen LogP contribution in [0.4, 0.5) is 4.39 Å². The summed E-state index contributed by atoms with van der Waals surface area (Å²) >= 11 is 3.45. The molecular weight excluding hydrogens is 294 g/mol. The van der Waals surface area contributed by atoms with Gasteiger partial charge in [0.25, 0.3) is 0 Å². The zero-order chi connectivity index (χ0) is 10.7.